The molecular weight excluding hydrogens is 498 g/mol. The summed E-state index contributed by atoms with van der Waals surface area (Å²) >= 11 is 0. The van der Waals surface area contributed by atoms with Crippen molar-refractivity contribution < 1.29 is 50.9 Å². The summed E-state index contributed by atoms with van der Waals surface area (Å²) in [4.78, 5) is 22.9. The molecular formula is C23H32F6N2O5. The molecule has 1 aromatic carbocycles. The van der Waals surface area contributed by atoms with E-state index in [9.17, 15) is 26.3 Å². The highest BCUT2D eigenvalue weighted by atomic mass is 19.4. The van der Waals surface area contributed by atoms with Crippen LogP contribution in [0.1, 0.15) is 18.4 Å². The lowest BCUT2D eigenvalue weighted by Crippen LogP contribution is -2.45. The van der Waals surface area contributed by atoms with Gasteiger partial charge in [0.05, 0.1) is 6.61 Å². The van der Waals surface area contributed by atoms with Gasteiger partial charge in [-0.3, -0.25) is 0 Å². The van der Waals surface area contributed by atoms with Crippen LogP contribution in [0.25, 0.3) is 0 Å². The van der Waals surface area contributed by atoms with Gasteiger partial charge in [-0.2, -0.15) is 26.3 Å². The third kappa shape index (κ3) is 10.7. The number of halogens is 6. The Kier molecular flexibility index (Phi) is 12.1. The molecule has 0 aromatic heterocycles. The Labute approximate surface area is 205 Å². The molecule has 2 fully saturated rings. The summed E-state index contributed by atoms with van der Waals surface area (Å²) in [6.45, 7) is 7.09. The topological polar surface area (TPSA) is 90.3 Å². The van der Waals surface area contributed by atoms with Crippen molar-refractivity contribution in [1.29, 1.82) is 0 Å². The normalized spacial score (nSPS) is 20.2. The molecule has 2 saturated heterocycles. The Morgan fingerprint density at radius 3 is 1.89 bits per heavy atom. The number of nitrogens with zero attached hydrogens (tertiary/aromatic N) is 2. The van der Waals surface area contributed by atoms with Crippen molar-refractivity contribution in [3.05, 3.63) is 35.9 Å². The van der Waals surface area contributed by atoms with Gasteiger partial charge in [0, 0.05) is 32.7 Å². The van der Waals surface area contributed by atoms with Crippen molar-refractivity contribution in [2.75, 3.05) is 53.5 Å². The van der Waals surface area contributed by atoms with E-state index in [4.69, 9.17) is 24.5 Å². The van der Waals surface area contributed by atoms with Crippen LogP contribution in [0.3, 0.4) is 0 Å². The van der Waals surface area contributed by atoms with Crippen molar-refractivity contribution in [3.8, 4) is 0 Å². The molecule has 206 valence electrons. The molecule has 7 nitrogen and oxygen atoms in total. The molecule has 2 heterocycles. The van der Waals surface area contributed by atoms with E-state index < -0.39 is 24.3 Å². The fraction of sp³-hybridized carbons (Fsp3) is 0.652. The Morgan fingerprint density at radius 1 is 1.00 bits per heavy atom. The Hall–Kier alpha value is -2.38. The molecule has 2 N–H and O–H groups in total. The van der Waals surface area contributed by atoms with Gasteiger partial charge in [-0.15, -0.1) is 0 Å². The summed E-state index contributed by atoms with van der Waals surface area (Å²) < 4.78 is 69.0. The SMILES string of the molecule is COCC1CN(C)CC12CCN(CCc1ccccc1)CC2.O=C(O)C(F)(F)F.O=C(O)C(F)(F)F. The maximum atomic E-state index is 10.6. The van der Waals surface area contributed by atoms with Crippen LogP contribution >= 0.6 is 0 Å². The minimum atomic E-state index is -5.08. The van der Waals surface area contributed by atoms with Crippen LogP contribution in [0.5, 0.6) is 0 Å². The average Bonchev–Trinajstić information content (AvgIpc) is 3.08. The predicted molar refractivity (Wildman–Crippen MR) is 118 cm³/mol. The number of hydrogen-bond donors (Lipinski definition) is 2. The first-order chi connectivity index (χ1) is 16.6. The standard InChI is InChI=1S/C19H30N2O.2C2HF3O2/c1-20-14-18(15-22-2)19(16-20)9-12-21(13-10-19)11-8-17-6-4-3-5-7-17;2*3-2(4,5)1(6)7/h3-7,18H,8-16H2,1-2H3;2*(H,6,7). The Morgan fingerprint density at radius 2 is 1.47 bits per heavy atom. The minimum Gasteiger partial charge on any atom is -0.475 e. The number of carboxylic acids is 2. The van der Waals surface area contributed by atoms with Crippen LogP contribution < -0.4 is 0 Å². The first kappa shape index (κ1) is 31.6. The number of carbonyl (C=O) groups is 2. The molecule has 36 heavy (non-hydrogen) atoms. The zero-order valence-corrected chi connectivity index (χ0v) is 20.1. The molecule has 0 amide bonds. The lowest BCUT2D eigenvalue weighted by Gasteiger charge is -2.42. The third-order valence-electron chi connectivity index (χ3n) is 6.25. The van der Waals surface area contributed by atoms with Crippen LogP contribution in [0.2, 0.25) is 0 Å². The summed E-state index contributed by atoms with van der Waals surface area (Å²) in [5.41, 5.74) is 1.97. The van der Waals surface area contributed by atoms with E-state index in [2.05, 4.69) is 47.2 Å². The van der Waals surface area contributed by atoms with Gasteiger partial charge in [0.1, 0.15) is 0 Å². The third-order valence-corrected chi connectivity index (χ3v) is 6.25. The van der Waals surface area contributed by atoms with E-state index in [1.165, 1.54) is 57.5 Å². The van der Waals surface area contributed by atoms with E-state index in [1.54, 1.807) is 0 Å². The van der Waals surface area contributed by atoms with E-state index >= 15 is 0 Å². The number of piperidine rings is 1. The molecule has 1 atom stereocenters. The second kappa shape index (κ2) is 13.8. The first-order valence-electron chi connectivity index (χ1n) is 11.1. The quantitative estimate of drug-likeness (QED) is 0.560. The maximum Gasteiger partial charge on any atom is 0.490 e. The maximum absolute atomic E-state index is 10.6. The number of likely N-dealkylation sites (tertiary alicyclic amines) is 2. The zero-order valence-electron chi connectivity index (χ0n) is 20.1. The minimum absolute atomic E-state index is 0.508. The lowest BCUT2D eigenvalue weighted by molar-refractivity contribution is -0.193. The molecule has 1 aromatic rings. The largest absolute Gasteiger partial charge is 0.490 e. The molecule has 1 unspecified atom stereocenters. The van der Waals surface area contributed by atoms with E-state index in [0.29, 0.717) is 5.41 Å². The van der Waals surface area contributed by atoms with Gasteiger partial charge in [-0.25, -0.2) is 9.59 Å². The van der Waals surface area contributed by atoms with Crippen LogP contribution in [0, 0.1) is 11.3 Å². The molecule has 0 saturated carbocycles. The van der Waals surface area contributed by atoms with Crippen molar-refractivity contribution in [1.82, 2.24) is 9.80 Å². The summed E-state index contributed by atoms with van der Waals surface area (Å²) in [7, 11) is 4.11. The van der Waals surface area contributed by atoms with Gasteiger partial charge in [0.2, 0.25) is 0 Å². The number of carboxylic acid groups (broad SMARTS) is 2. The highest BCUT2D eigenvalue weighted by Crippen LogP contribution is 2.44. The molecule has 3 rings (SSSR count). The number of aliphatic carboxylic acids is 2. The number of ether oxygens (including phenoxy) is 1. The molecule has 0 radical (unpaired) electrons. The van der Waals surface area contributed by atoms with Crippen molar-refractivity contribution >= 4 is 11.9 Å². The highest BCUT2D eigenvalue weighted by Gasteiger charge is 2.46. The average molecular weight is 531 g/mol. The lowest BCUT2D eigenvalue weighted by atomic mass is 9.71. The van der Waals surface area contributed by atoms with E-state index in [1.807, 2.05) is 7.11 Å². The molecule has 2 aliphatic heterocycles. The van der Waals surface area contributed by atoms with Gasteiger partial charge >= 0.3 is 24.3 Å². The number of rotatable bonds is 5. The number of benzene rings is 1. The first-order valence-corrected chi connectivity index (χ1v) is 11.1. The van der Waals surface area contributed by atoms with Crippen molar-refractivity contribution in [2.24, 2.45) is 11.3 Å². The van der Waals surface area contributed by atoms with Gasteiger partial charge in [0.15, 0.2) is 0 Å². The van der Waals surface area contributed by atoms with Gasteiger partial charge in [0.25, 0.3) is 0 Å². The summed E-state index contributed by atoms with van der Waals surface area (Å²) in [6.07, 6.45) is -6.32. The summed E-state index contributed by atoms with van der Waals surface area (Å²) in [5, 5.41) is 14.2. The second-order valence-electron chi connectivity index (χ2n) is 8.89. The van der Waals surface area contributed by atoms with Crippen molar-refractivity contribution in [3.63, 3.8) is 0 Å². The monoisotopic (exact) mass is 530 g/mol. The van der Waals surface area contributed by atoms with Gasteiger partial charge in [-0.1, -0.05) is 30.3 Å². The Balaban J connectivity index is 0.000000383. The molecule has 1 spiro atoms. The molecule has 0 aliphatic carbocycles. The molecule has 0 bridgehead atoms. The summed E-state index contributed by atoms with van der Waals surface area (Å²) in [5.74, 6) is -4.79. The zero-order chi connectivity index (χ0) is 27.6. The molecule has 2 aliphatic rings. The number of alkyl halides is 6. The van der Waals surface area contributed by atoms with Gasteiger partial charge < -0.3 is 24.7 Å². The van der Waals surface area contributed by atoms with Crippen LogP contribution in [-0.2, 0) is 20.7 Å². The number of methoxy groups -OCH3 is 1. The summed E-state index contributed by atoms with van der Waals surface area (Å²) in [6, 6.07) is 10.9. The van der Waals surface area contributed by atoms with Gasteiger partial charge in [-0.05, 0) is 50.4 Å². The fourth-order valence-corrected chi connectivity index (χ4v) is 4.45. The fourth-order valence-electron chi connectivity index (χ4n) is 4.45. The second-order valence-corrected chi connectivity index (χ2v) is 8.89. The van der Waals surface area contributed by atoms with E-state index in [-0.39, 0.29) is 0 Å². The smallest absolute Gasteiger partial charge is 0.475 e. The predicted octanol–water partition coefficient (Wildman–Crippen LogP) is 3.79. The number of hydrogen-bond acceptors (Lipinski definition) is 5. The van der Waals surface area contributed by atoms with Crippen LogP contribution in [0.4, 0.5) is 26.3 Å². The van der Waals surface area contributed by atoms with Crippen LogP contribution in [0.15, 0.2) is 30.3 Å². The van der Waals surface area contributed by atoms with Crippen LogP contribution in [-0.4, -0.2) is 97.8 Å². The highest BCUT2D eigenvalue weighted by molar-refractivity contribution is 5.73. The van der Waals surface area contributed by atoms with E-state index in [0.717, 1.165) is 12.5 Å². The Bertz CT molecular complexity index is 787. The molecule has 13 heteroatoms. The van der Waals surface area contributed by atoms with Crippen molar-refractivity contribution in [2.45, 2.75) is 31.6 Å².